The van der Waals surface area contributed by atoms with Gasteiger partial charge in [0, 0.05) is 37.1 Å². The summed E-state index contributed by atoms with van der Waals surface area (Å²) in [6.45, 7) is 5.06. The Kier molecular flexibility index (Phi) is 6.00. The molecule has 2 amide bonds. The number of methoxy groups -OCH3 is 1. The number of hydrogen-bond donors (Lipinski definition) is 2. The maximum absolute atomic E-state index is 12.1. The summed E-state index contributed by atoms with van der Waals surface area (Å²) in [6, 6.07) is 15.5. The molecule has 1 saturated heterocycles. The van der Waals surface area contributed by atoms with Gasteiger partial charge in [-0.3, -0.25) is 0 Å². The summed E-state index contributed by atoms with van der Waals surface area (Å²) in [5.41, 5.74) is 3.05. The van der Waals surface area contributed by atoms with Gasteiger partial charge >= 0.3 is 6.03 Å². The number of carbonyl (C=O) groups is 1. The van der Waals surface area contributed by atoms with Crippen molar-refractivity contribution in [3.63, 3.8) is 0 Å². The minimum Gasteiger partial charge on any atom is -0.497 e. The third kappa shape index (κ3) is 4.91. The second-order valence-corrected chi connectivity index (χ2v) is 6.90. The Hall–Kier alpha value is -2.69. The fraction of sp³-hybridized carbons (Fsp3) is 0.381. The van der Waals surface area contributed by atoms with Gasteiger partial charge in [-0.2, -0.15) is 0 Å². The normalized spacial score (nSPS) is 16.8. The summed E-state index contributed by atoms with van der Waals surface area (Å²) in [7, 11) is 1.60. The first-order chi connectivity index (χ1) is 12.6. The lowest BCUT2D eigenvalue weighted by molar-refractivity contribution is 0.251. The summed E-state index contributed by atoms with van der Waals surface area (Å²) in [5, 5.41) is 5.70. The Labute approximate surface area is 155 Å². The molecule has 5 nitrogen and oxygen atoms in total. The zero-order valence-electron chi connectivity index (χ0n) is 15.5. The minimum atomic E-state index is -0.229. The molecule has 1 aliphatic heterocycles. The van der Waals surface area contributed by atoms with Crippen LogP contribution in [-0.4, -0.2) is 26.2 Å². The number of hydrogen-bond acceptors (Lipinski definition) is 3. The van der Waals surface area contributed by atoms with Crippen LogP contribution in [0.4, 0.5) is 16.2 Å². The molecule has 0 unspecified atom stereocenters. The number of benzene rings is 2. The SMILES string of the molecule is COc1cccc(NC(=O)NCc2ccc(N3CCC[C@@H](C)C3)cc2)c1. The highest BCUT2D eigenvalue weighted by atomic mass is 16.5. The number of nitrogens with one attached hydrogen (secondary N) is 2. The van der Waals surface area contributed by atoms with Crippen molar-refractivity contribution in [2.45, 2.75) is 26.3 Å². The topological polar surface area (TPSA) is 53.6 Å². The Morgan fingerprint density at radius 2 is 2.04 bits per heavy atom. The van der Waals surface area contributed by atoms with Crippen LogP contribution in [0, 0.1) is 5.92 Å². The van der Waals surface area contributed by atoms with Crippen molar-refractivity contribution >= 4 is 17.4 Å². The lowest BCUT2D eigenvalue weighted by Gasteiger charge is -2.32. The zero-order valence-corrected chi connectivity index (χ0v) is 15.5. The van der Waals surface area contributed by atoms with Gasteiger partial charge in [0.05, 0.1) is 7.11 Å². The molecule has 2 aromatic carbocycles. The largest absolute Gasteiger partial charge is 0.497 e. The fourth-order valence-electron chi connectivity index (χ4n) is 3.31. The molecule has 2 N–H and O–H groups in total. The molecule has 0 radical (unpaired) electrons. The number of anilines is 2. The smallest absolute Gasteiger partial charge is 0.319 e. The molecule has 0 bridgehead atoms. The molecule has 1 aliphatic rings. The standard InChI is InChI=1S/C21H27N3O2/c1-16-5-4-12-24(15-16)19-10-8-17(9-11-19)14-22-21(25)23-18-6-3-7-20(13-18)26-2/h3,6-11,13,16H,4-5,12,14-15H2,1-2H3,(H2,22,23,25)/t16-/m1/s1. The van der Waals surface area contributed by atoms with Crippen LogP contribution in [0.15, 0.2) is 48.5 Å². The first-order valence-electron chi connectivity index (χ1n) is 9.17. The van der Waals surface area contributed by atoms with E-state index in [0.717, 1.165) is 24.6 Å². The first-order valence-corrected chi connectivity index (χ1v) is 9.17. The van der Waals surface area contributed by atoms with Crippen LogP contribution in [0.3, 0.4) is 0 Å². The molecule has 0 aromatic heterocycles. The maximum atomic E-state index is 12.1. The van der Waals surface area contributed by atoms with E-state index in [0.29, 0.717) is 18.0 Å². The molecule has 0 spiro atoms. The van der Waals surface area contributed by atoms with Gasteiger partial charge in [-0.1, -0.05) is 25.1 Å². The van der Waals surface area contributed by atoms with Gasteiger partial charge in [0.1, 0.15) is 5.75 Å². The molecule has 1 atom stereocenters. The zero-order chi connectivity index (χ0) is 18.4. The van der Waals surface area contributed by atoms with Gasteiger partial charge in [-0.25, -0.2) is 4.79 Å². The van der Waals surface area contributed by atoms with Crippen LogP contribution in [-0.2, 0) is 6.54 Å². The minimum absolute atomic E-state index is 0.229. The average molecular weight is 353 g/mol. The Morgan fingerprint density at radius 3 is 2.77 bits per heavy atom. The van der Waals surface area contributed by atoms with Gasteiger partial charge in [-0.15, -0.1) is 0 Å². The van der Waals surface area contributed by atoms with Crippen molar-refractivity contribution in [1.29, 1.82) is 0 Å². The number of piperidine rings is 1. The van der Waals surface area contributed by atoms with Crippen LogP contribution in [0.5, 0.6) is 5.75 Å². The predicted molar refractivity (Wildman–Crippen MR) is 106 cm³/mol. The molecule has 0 aliphatic carbocycles. The molecular weight excluding hydrogens is 326 g/mol. The van der Waals surface area contributed by atoms with Crippen molar-refractivity contribution in [1.82, 2.24) is 5.32 Å². The number of ether oxygens (including phenoxy) is 1. The molecule has 3 rings (SSSR count). The average Bonchev–Trinajstić information content (AvgIpc) is 2.67. The van der Waals surface area contributed by atoms with Crippen molar-refractivity contribution in [3.05, 3.63) is 54.1 Å². The van der Waals surface area contributed by atoms with E-state index in [1.54, 1.807) is 13.2 Å². The van der Waals surface area contributed by atoms with Gasteiger partial charge in [0.15, 0.2) is 0 Å². The molecule has 26 heavy (non-hydrogen) atoms. The maximum Gasteiger partial charge on any atom is 0.319 e. The highest BCUT2D eigenvalue weighted by molar-refractivity contribution is 5.89. The number of rotatable bonds is 5. The fourth-order valence-corrected chi connectivity index (χ4v) is 3.31. The van der Waals surface area contributed by atoms with E-state index >= 15 is 0 Å². The van der Waals surface area contributed by atoms with E-state index in [1.807, 2.05) is 18.2 Å². The van der Waals surface area contributed by atoms with Crippen molar-refractivity contribution < 1.29 is 9.53 Å². The van der Waals surface area contributed by atoms with E-state index in [9.17, 15) is 4.79 Å². The Bertz CT molecular complexity index is 730. The lowest BCUT2D eigenvalue weighted by Crippen LogP contribution is -2.34. The summed E-state index contributed by atoms with van der Waals surface area (Å²) in [5.74, 6) is 1.47. The molecular formula is C21H27N3O2. The third-order valence-corrected chi connectivity index (χ3v) is 4.74. The summed E-state index contributed by atoms with van der Waals surface area (Å²) < 4.78 is 5.16. The quantitative estimate of drug-likeness (QED) is 0.845. The third-order valence-electron chi connectivity index (χ3n) is 4.74. The Balaban J connectivity index is 1.50. The Morgan fingerprint density at radius 1 is 1.23 bits per heavy atom. The van der Waals surface area contributed by atoms with Gasteiger partial charge in [-0.05, 0) is 48.6 Å². The van der Waals surface area contributed by atoms with E-state index in [4.69, 9.17) is 4.74 Å². The van der Waals surface area contributed by atoms with Crippen LogP contribution >= 0.6 is 0 Å². The van der Waals surface area contributed by atoms with Gasteiger partial charge < -0.3 is 20.3 Å². The monoisotopic (exact) mass is 353 g/mol. The molecule has 0 saturated carbocycles. The molecule has 5 heteroatoms. The number of carbonyl (C=O) groups excluding carboxylic acids is 1. The molecule has 2 aromatic rings. The molecule has 1 heterocycles. The molecule has 138 valence electrons. The van der Waals surface area contributed by atoms with Crippen LogP contribution in [0.1, 0.15) is 25.3 Å². The van der Waals surface area contributed by atoms with E-state index in [2.05, 4.69) is 46.7 Å². The van der Waals surface area contributed by atoms with E-state index in [1.165, 1.54) is 18.5 Å². The summed E-state index contributed by atoms with van der Waals surface area (Å²) >= 11 is 0. The van der Waals surface area contributed by atoms with Crippen molar-refractivity contribution in [2.75, 3.05) is 30.4 Å². The summed E-state index contributed by atoms with van der Waals surface area (Å²) in [4.78, 5) is 14.5. The highest BCUT2D eigenvalue weighted by Gasteiger charge is 2.16. The van der Waals surface area contributed by atoms with Gasteiger partial charge in [0.2, 0.25) is 0 Å². The van der Waals surface area contributed by atoms with Crippen molar-refractivity contribution in [2.24, 2.45) is 5.92 Å². The highest BCUT2D eigenvalue weighted by Crippen LogP contribution is 2.23. The second-order valence-electron chi connectivity index (χ2n) is 6.90. The second kappa shape index (κ2) is 8.61. The van der Waals surface area contributed by atoms with Crippen molar-refractivity contribution in [3.8, 4) is 5.75 Å². The predicted octanol–water partition coefficient (Wildman–Crippen LogP) is 4.25. The van der Waals surface area contributed by atoms with Crippen LogP contribution in [0.25, 0.3) is 0 Å². The number of urea groups is 1. The summed E-state index contributed by atoms with van der Waals surface area (Å²) in [6.07, 6.45) is 2.58. The first kappa shape index (κ1) is 18.1. The van der Waals surface area contributed by atoms with Crippen LogP contribution < -0.4 is 20.3 Å². The lowest BCUT2D eigenvalue weighted by atomic mass is 9.99. The number of nitrogens with zero attached hydrogens (tertiary/aromatic N) is 1. The number of amides is 2. The molecule has 1 fully saturated rings. The van der Waals surface area contributed by atoms with E-state index < -0.39 is 0 Å². The van der Waals surface area contributed by atoms with E-state index in [-0.39, 0.29) is 6.03 Å². The van der Waals surface area contributed by atoms with Gasteiger partial charge in [0.25, 0.3) is 0 Å². The van der Waals surface area contributed by atoms with Crippen LogP contribution in [0.2, 0.25) is 0 Å².